The number of anilines is 1. The number of aryl methyl sites for hydroxylation is 1. The van der Waals surface area contributed by atoms with E-state index >= 15 is 0 Å². The lowest BCUT2D eigenvalue weighted by Crippen LogP contribution is -2.00. The minimum atomic E-state index is 0.785. The number of hydrogen-bond acceptors (Lipinski definition) is 4. The first-order valence-corrected chi connectivity index (χ1v) is 7.28. The van der Waals surface area contributed by atoms with Crippen molar-refractivity contribution in [3.05, 3.63) is 36.4 Å². The fourth-order valence-corrected chi connectivity index (χ4v) is 2.81. The first-order chi connectivity index (χ1) is 9.24. The lowest BCUT2D eigenvalue weighted by atomic mass is 10.3. The van der Waals surface area contributed by atoms with Gasteiger partial charge in [-0.2, -0.15) is 0 Å². The molecule has 0 aliphatic rings. The van der Waals surface area contributed by atoms with Crippen molar-refractivity contribution in [2.45, 2.75) is 30.5 Å². The third-order valence-electron chi connectivity index (χ3n) is 2.86. The van der Waals surface area contributed by atoms with Gasteiger partial charge in [0.15, 0.2) is 0 Å². The second kappa shape index (κ2) is 6.52. The number of nitrogens with two attached hydrogens (primary N) is 1. The molecule has 0 atom stereocenters. The predicted octanol–water partition coefficient (Wildman–Crippen LogP) is 3.18. The van der Waals surface area contributed by atoms with Gasteiger partial charge in [-0.25, -0.2) is 4.98 Å². The Bertz CT molecular complexity index is 539. The van der Waals surface area contributed by atoms with Crippen molar-refractivity contribution >= 4 is 17.4 Å². The zero-order valence-corrected chi connectivity index (χ0v) is 12.1. The maximum atomic E-state index is 5.98. The topological polar surface area (TPSA) is 53.1 Å². The molecule has 0 aliphatic heterocycles. The van der Waals surface area contributed by atoms with Crippen LogP contribution >= 0.6 is 11.8 Å². The summed E-state index contributed by atoms with van der Waals surface area (Å²) in [5.41, 5.74) is 7.98. The summed E-state index contributed by atoms with van der Waals surface area (Å²) in [5.74, 6) is 1.69. The van der Waals surface area contributed by atoms with Crippen LogP contribution in [0.1, 0.15) is 19.0 Å². The Morgan fingerprint density at radius 1 is 1.42 bits per heavy atom. The Morgan fingerprint density at radius 3 is 3.00 bits per heavy atom. The number of rotatable bonds is 6. The minimum absolute atomic E-state index is 0.785. The zero-order chi connectivity index (χ0) is 13.7. The van der Waals surface area contributed by atoms with Crippen LogP contribution in [0.3, 0.4) is 0 Å². The van der Waals surface area contributed by atoms with E-state index in [9.17, 15) is 0 Å². The lowest BCUT2D eigenvalue weighted by molar-refractivity contribution is 0.414. The van der Waals surface area contributed by atoms with Gasteiger partial charge in [0, 0.05) is 34.8 Å². The number of methoxy groups -OCH3 is 1. The summed E-state index contributed by atoms with van der Waals surface area (Å²) < 4.78 is 7.41. The number of nitrogens with zero attached hydrogens (tertiary/aromatic N) is 2. The molecule has 1 aromatic heterocycles. The smallest absolute Gasteiger partial charge is 0.120 e. The molecule has 0 bridgehead atoms. The lowest BCUT2D eigenvalue weighted by Gasteiger charge is -2.09. The number of benzene rings is 1. The van der Waals surface area contributed by atoms with Crippen molar-refractivity contribution in [2.75, 3.05) is 12.8 Å². The van der Waals surface area contributed by atoms with Gasteiger partial charge >= 0.3 is 0 Å². The highest BCUT2D eigenvalue weighted by molar-refractivity contribution is 7.98. The second-order valence-corrected chi connectivity index (χ2v) is 5.29. The molecule has 0 spiro atoms. The van der Waals surface area contributed by atoms with Crippen LogP contribution < -0.4 is 10.5 Å². The molecule has 0 saturated heterocycles. The van der Waals surface area contributed by atoms with Gasteiger partial charge in [0.1, 0.15) is 5.75 Å². The summed E-state index contributed by atoms with van der Waals surface area (Å²) in [6, 6.07) is 5.73. The van der Waals surface area contributed by atoms with Crippen molar-refractivity contribution in [3.8, 4) is 5.75 Å². The number of thioether (sulfide) groups is 1. The fourth-order valence-electron chi connectivity index (χ4n) is 1.83. The summed E-state index contributed by atoms with van der Waals surface area (Å²) in [6.07, 6.45) is 4.91. The maximum absolute atomic E-state index is 5.98. The maximum Gasteiger partial charge on any atom is 0.120 e. The molecule has 0 saturated carbocycles. The number of hydrogen-bond donors (Lipinski definition) is 1. The van der Waals surface area contributed by atoms with Crippen LogP contribution in [0.5, 0.6) is 5.75 Å². The molecule has 0 radical (unpaired) electrons. The molecule has 0 fully saturated rings. The molecule has 0 amide bonds. The summed E-state index contributed by atoms with van der Waals surface area (Å²) in [4.78, 5) is 5.25. The molecule has 2 N–H and O–H groups in total. The summed E-state index contributed by atoms with van der Waals surface area (Å²) in [6.45, 7) is 3.17. The number of nitrogen functional groups attached to an aromatic ring is 1. The van der Waals surface area contributed by atoms with Gasteiger partial charge < -0.3 is 15.0 Å². The second-order valence-electron chi connectivity index (χ2n) is 4.27. The molecular weight excluding hydrogens is 258 g/mol. The van der Waals surface area contributed by atoms with E-state index in [-0.39, 0.29) is 0 Å². The van der Waals surface area contributed by atoms with Crippen LogP contribution in [0.2, 0.25) is 0 Å². The Hall–Kier alpha value is -1.62. The fraction of sp³-hybridized carbons (Fsp3) is 0.357. The van der Waals surface area contributed by atoms with E-state index in [1.807, 2.05) is 30.7 Å². The van der Waals surface area contributed by atoms with E-state index in [0.29, 0.717) is 0 Å². The quantitative estimate of drug-likeness (QED) is 0.651. The predicted molar refractivity (Wildman–Crippen MR) is 79.5 cm³/mol. The largest absolute Gasteiger partial charge is 0.497 e. The first kappa shape index (κ1) is 13.8. The Labute approximate surface area is 118 Å². The van der Waals surface area contributed by atoms with Crippen LogP contribution in [0.25, 0.3) is 0 Å². The highest BCUT2D eigenvalue weighted by Crippen LogP contribution is 2.31. The molecule has 1 aromatic carbocycles. The van der Waals surface area contributed by atoms with E-state index in [1.165, 1.54) is 5.69 Å². The van der Waals surface area contributed by atoms with Crippen LogP contribution in [0.15, 0.2) is 35.6 Å². The van der Waals surface area contributed by atoms with Crippen molar-refractivity contribution in [1.29, 1.82) is 0 Å². The summed E-state index contributed by atoms with van der Waals surface area (Å²) in [5, 5.41) is 0. The van der Waals surface area contributed by atoms with Crippen molar-refractivity contribution < 1.29 is 4.74 Å². The molecular formula is C14H19N3OS. The first-order valence-electron chi connectivity index (χ1n) is 6.30. The Balaban J connectivity index is 2.07. The normalized spacial score (nSPS) is 10.6. The van der Waals surface area contributed by atoms with Crippen molar-refractivity contribution in [2.24, 2.45) is 0 Å². The molecule has 19 heavy (non-hydrogen) atoms. The third-order valence-corrected chi connectivity index (χ3v) is 3.96. The minimum Gasteiger partial charge on any atom is -0.497 e. The molecule has 102 valence electrons. The van der Waals surface area contributed by atoms with Gasteiger partial charge in [-0.05, 0) is 24.6 Å². The van der Waals surface area contributed by atoms with Gasteiger partial charge in [-0.1, -0.05) is 6.92 Å². The monoisotopic (exact) mass is 277 g/mol. The molecule has 2 rings (SSSR count). The van der Waals surface area contributed by atoms with E-state index in [1.54, 1.807) is 18.9 Å². The third kappa shape index (κ3) is 3.44. The average Bonchev–Trinajstić information content (AvgIpc) is 2.86. The van der Waals surface area contributed by atoms with Crippen LogP contribution in [0.4, 0.5) is 5.69 Å². The zero-order valence-electron chi connectivity index (χ0n) is 11.3. The number of imidazole rings is 1. The van der Waals surface area contributed by atoms with Gasteiger partial charge in [-0.3, -0.25) is 0 Å². The van der Waals surface area contributed by atoms with E-state index in [4.69, 9.17) is 10.5 Å². The van der Waals surface area contributed by atoms with Gasteiger partial charge in [0.25, 0.3) is 0 Å². The van der Waals surface area contributed by atoms with Crippen LogP contribution in [0, 0.1) is 0 Å². The number of ether oxygens (including phenoxy) is 1. The van der Waals surface area contributed by atoms with Crippen molar-refractivity contribution in [1.82, 2.24) is 9.55 Å². The summed E-state index contributed by atoms with van der Waals surface area (Å²) >= 11 is 1.71. The molecule has 0 aliphatic carbocycles. The highest BCUT2D eigenvalue weighted by Gasteiger charge is 2.06. The molecule has 0 unspecified atom stereocenters. The molecule has 1 heterocycles. The molecule has 2 aromatic rings. The standard InChI is InChI=1S/C14H19N3OS/c1-3-6-17-10-16-8-11(17)9-19-14-7-12(18-2)4-5-13(14)15/h4-5,7-8,10H,3,6,9,15H2,1-2H3. The van der Waals surface area contributed by atoms with Crippen molar-refractivity contribution in [3.63, 3.8) is 0 Å². The van der Waals surface area contributed by atoms with E-state index < -0.39 is 0 Å². The molecule has 5 heteroatoms. The molecule has 4 nitrogen and oxygen atoms in total. The highest BCUT2D eigenvalue weighted by atomic mass is 32.2. The van der Waals surface area contributed by atoms with Gasteiger partial charge in [-0.15, -0.1) is 11.8 Å². The Morgan fingerprint density at radius 2 is 2.26 bits per heavy atom. The van der Waals surface area contributed by atoms with E-state index in [0.717, 1.165) is 35.1 Å². The van der Waals surface area contributed by atoms with Crippen LogP contribution in [-0.2, 0) is 12.3 Å². The van der Waals surface area contributed by atoms with Gasteiger partial charge in [0.05, 0.1) is 13.4 Å². The van der Waals surface area contributed by atoms with E-state index in [2.05, 4.69) is 16.5 Å². The summed E-state index contributed by atoms with van der Waals surface area (Å²) in [7, 11) is 1.66. The Kier molecular flexibility index (Phi) is 4.74. The average molecular weight is 277 g/mol. The SMILES string of the molecule is CCCn1cncc1CSc1cc(OC)ccc1N. The number of aromatic nitrogens is 2. The van der Waals surface area contributed by atoms with Gasteiger partial charge in [0.2, 0.25) is 0 Å². The van der Waals surface area contributed by atoms with Crippen LogP contribution in [-0.4, -0.2) is 16.7 Å².